The van der Waals surface area contributed by atoms with Crippen LogP contribution in [-0.4, -0.2) is 43.5 Å². The molecule has 8 nitrogen and oxygen atoms in total. The van der Waals surface area contributed by atoms with Crippen molar-refractivity contribution in [3.63, 3.8) is 0 Å². The summed E-state index contributed by atoms with van der Waals surface area (Å²) in [6, 6.07) is 3.67. The van der Waals surface area contributed by atoms with E-state index in [0.717, 1.165) is 12.1 Å². The third kappa shape index (κ3) is 4.49. The van der Waals surface area contributed by atoms with Crippen LogP contribution in [0.1, 0.15) is 13.3 Å². The Bertz CT molecular complexity index is 1090. The predicted octanol–water partition coefficient (Wildman–Crippen LogP) is 1.94. The van der Waals surface area contributed by atoms with Crippen LogP contribution in [-0.2, 0) is 7.05 Å². The van der Waals surface area contributed by atoms with Gasteiger partial charge >= 0.3 is 0 Å². The Kier molecular flexibility index (Phi) is 6.04. The van der Waals surface area contributed by atoms with Gasteiger partial charge in [-0.15, -0.1) is 0 Å². The first kappa shape index (κ1) is 20.6. The Morgan fingerprint density at radius 1 is 1.28 bits per heavy atom. The molecular weight excluding hydrogens is 386 g/mol. The minimum atomic E-state index is -0.934. The van der Waals surface area contributed by atoms with Crippen molar-refractivity contribution in [1.82, 2.24) is 14.5 Å². The second-order valence-electron chi connectivity index (χ2n) is 6.53. The maximum Gasteiger partial charge on any atom is 0.294 e. The third-order valence-electron chi connectivity index (χ3n) is 4.37. The van der Waals surface area contributed by atoms with Gasteiger partial charge in [0.2, 0.25) is 5.95 Å². The monoisotopic (exact) mass is 406 g/mol. The van der Waals surface area contributed by atoms with Crippen LogP contribution < -0.4 is 15.6 Å². The number of aliphatic hydroxyl groups is 2. The fourth-order valence-electron chi connectivity index (χ4n) is 2.78. The molecule has 0 aliphatic carbocycles. The summed E-state index contributed by atoms with van der Waals surface area (Å²) in [5.74, 6) is -1.98. The number of hydrogen-bond acceptors (Lipinski definition) is 7. The highest BCUT2D eigenvalue weighted by molar-refractivity contribution is 5.76. The molecule has 0 aliphatic heterocycles. The standard InChI is InChI=1S/C19H20F2N4O4/c1-10(27)14(5-6-26)23-19-22-9-11-7-16(18(28)25(2)17(11)24-19)29-15-4-3-12(20)8-13(15)21/h3-4,7-10,14,26-27H,5-6H2,1-2H3,(H,22,23,24)/t10-,14-/m1/s1. The van der Waals surface area contributed by atoms with Crippen molar-refractivity contribution < 1.29 is 23.7 Å². The maximum atomic E-state index is 13.8. The van der Waals surface area contributed by atoms with Gasteiger partial charge in [-0.25, -0.2) is 13.8 Å². The topological polar surface area (TPSA) is 110 Å². The van der Waals surface area contributed by atoms with E-state index in [9.17, 15) is 18.7 Å². The van der Waals surface area contributed by atoms with Crippen molar-refractivity contribution in [2.45, 2.75) is 25.5 Å². The van der Waals surface area contributed by atoms with Crippen LogP contribution >= 0.6 is 0 Å². The molecule has 3 rings (SSSR count). The molecule has 1 aromatic carbocycles. The summed E-state index contributed by atoms with van der Waals surface area (Å²) in [6.07, 6.45) is 0.968. The van der Waals surface area contributed by atoms with Gasteiger partial charge in [-0.05, 0) is 31.5 Å². The lowest BCUT2D eigenvalue weighted by Crippen LogP contribution is -2.33. The number of nitrogens with one attached hydrogen (secondary N) is 1. The first-order chi connectivity index (χ1) is 13.8. The SMILES string of the molecule is C[C@@H](O)[C@@H](CCO)Nc1ncc2cc(Oc3ccc(F)cc3F)c(=O)n(C)c2n1. The predicted molar refractivity (Wildman–Crippen MR) is 102 cm³/mol. The number of rotatable bonds is 7. The highest BCUT2D eigenvalue weighted by atomic mass is 19.1. The van der Waals surface area contributed by atoms with Crippen LogP contribution in [0.5, 0.6) is 11.5 Å². The maximum absolute atomic E-state index is 13.8. The van der Waals surface area contributed by atoms with E-state index >= 15 is 0 Å². The van der Waals surface area contributed by atoms with Crippen molar-refractivity contribution in [2.75, 3.05) is 11.9 Å². The van der Waals surface area contributed by atoms with Crippen molar-refractivity contribution in [2.24, 2.45) is 7.05 Å². The lowest BCUT2D eigenvalue weighted by molar-refractivity contribution is 0.152. The first-order valence-electron chi connectivity index (χ1n) is 8.85. The van der Waals surface area contributed by atoms with Crippen LogP contribution in [0.25, 0.3) is 11.0 Å². The number of halogens is 2. The molecule has 0 saturated heterocycles. The Hall–Kier alpha value is -3.11. The minimum Gasteiger partial charge on any atom is -0.448 e. The van der Waals surface area contributed by atoms with E-state index in [4.69, 9.17) is 9.84 Å². The van der Waals surface area contributed by atoms with Crippen molar-refractivity contribution in [3.05, 3.63) is 52.5 Å². The number of ether oxygens (including phenoxy) is 1. The lowest BCUT2D eigenvalue weighted by atomic mass is 10.1. The Morgan fingerprint density at radius 2 is 2.03 bits per heavy atom. The molecule has 2 aromatic heterocycles. The number of nitrogens with zero attached hydrogens (tertiary/aromatic N) is 3. The molecule has 154 valence electrons. The summed E-state index contributed by atoms with van der Waals surface area (Å²) >= 11 is 0. The summed E-state index contributed by atoms with van der Waals surface area (Å²) in [5.41, 5.74) is -0.291. The van der Waals surface area contributed by atoms with Gasteiger partial charge in [0.1, 0.15) is 11.5 Å². The quantitative estimate of drug-likeness (QED) is 0.550. The molecule has 0 aliphatic rings. The van der Waals surface area contributed by atoms with Crippen LogP contribution in [0.4, 0.5) is 14.7 Å². The molecule has 0 fully saturated rings. The van der Waals surface area contributed by atoms with Crippen molar-refractivity contribution >= 4 is 17.0 Å². The second-order valence-corrected chi connectivity index (χ2v) is 6.53. The van der Waals surface area contributed by atoms with Crippen LogP contribution in [0, 0.1) is 11.6 Å². The Labute approximate surface area is 164 Å². The molecule has 0 amide bonds. The summed E-state index contributed by atoms with van der Waals surface area (Å²) < 4.78 is 33.4. The van der Waals surface area contributed by atoms with Crippen molar-refractivity contribution in [3.8, 4) is 11.5 Å². The Balaban J connectivity index is 1.96. The Morgan fingerprint density at radius 3 is 2.69 bits per heavy atom. The number of aryl methyl sites for hydroxylation is 1. The van der Waals surface area contributed by atoms with Crippen LogP contribution in [0.2, 0.25) is 0 Å². The zero-order valence-electron chi connectivity index (χ0n) is 15.8. The molecule has 10 heteroatoms. The van der Waals surface area contributed by atoms with Gasteiger partial charge in [0.15, 0.2) is 17.3 Å². The molecule has 0 radical (unpaired) electrons. The van der Waals surface area contributed by atoms with E-state index < -0.39 is 29.3 Å². The fourth-order valence-corrected chi connectivity index (χ4v) is 2.78. The van der Waals surface area contributed by atoms with E-state index in [2.05, 4.69) is 15.3 Å². The van der Waals surface area contributed by atoms with Crippen LogP contribution in [0.3, 0.4) is 0 Å². The van der Waals surface area contributed by atoms with Gasteiger partial charge in [-0.2, -0.15) is 4.98 Å². The summed E-state index contributed by atoms with van der Waals surface area (Å²) in [6.45, 7) is 1.44. The normalized spacial score (nSPS) is 13.3. The smallest absolute Gasteiger partial charge is 0.294 e. The number of aliphatic hydroxyl groups excluding tert-OH is 2. The molecule has 3 N–H and O–H groups in total. The zero-order chi connectivity index (χ0) is 21.1. The molecule has 0 bridgehead atoms. The third-order valence-corrected chi connectivity index (χ3v) is 4.37. The number of hydrogen-bond donors (Lipinski definition) is 3. The lowest BCUT2D eigenvalue weighted by Gasteiger charge is -2.20. The summed E-state index contributed by atoms with van der Waals surface area (Å²) in [7, 11) is 1.47. The molecule has 2 heterocycles. The second kappa shape index (κ2) is 8.50. The highest BCUT2D eigenvalue weighted by Gasteiger charge is 2.17. The van der Waals surface area contributed by atoms with Gasteiger partial charge < -0.3 is 20.3 Å². The van der Waals surface area contributed by atoms with Crippen LogP contribution in [0.15, 0.2) is 35.3 Å². The van der Waals surface area contributed by atoms with Crippen molar-refractivity contribution in [1.29, 1.82) is 0 Å². The molecule has 29 heavy (non-hydrogen) atoms. The van der Waals surface area contributed by atoms with E-state index in [1.807, 2.05) is 0 Å². The van der Waals surface area contributed by atoms with E-state index in [1.54, 1.807) is 6.92 Å². The number of anilines is 1. The molecule has 0 spiro atoms. The van der Waals surface area contributed by atoms with Gasteiger partial charge in [0.05, 0.1) is 12.1 Å². The average Bonchev–Trinajstić information content (AvgIpc) is 2.68. The number of fused-ring (bicyclic) bond motifs is 1. The molecule has 0 saturated carbocycles. The molecule has 2 atom stereocenters. The number of aromatic nitrogens is 3. The van der Waals surface area contributed by atoms with E-state index in [1.165, 1.54) is 23.9 Å². The summed E-state index contributed by atoms with van der Waals surface area (Å²) in [4.78, 5) is 21.0. The first-order valence-corrected chi connectivity index (χ1v) is 8.85. The number of benzene rings is 1. The number of pyridine rings is 1. The van der Waals surface area contributed by atoms with E-state index in [0.29, 0.717) is 11.5 Å². The van der Waals surface area contributed by atoms with E-state index in [-0.39, 0.29) is 36.1 Å². The van der Waals surface area contributed by atoms with Gasteiger partial charge in [-0.3, -0.25) is 9.36 Å². The average molecular weight is 406 g/mol. The largest absolute Gasteiger partial charge is 0.448 e. The zero-order valence-corrected chi connectivity index (χ0v) is 15.8. The van der Waals surface area contributed by atoms with Gasteiger partial charge in [0, 0.05) is 31.3 Å². The van der Waals surface area contributed by atoms with Gasteiger partial charge in [-0.1, -0.05) is 0 Å². The fraction of sp³-hybridized carbons (Fsp3) is 0.316. The molecule has 0 unspecified atom stereocenters. The summed E-state index contributed by atoms with van der Waals surface area (Å²) in [5, 5.41) is 22.3. The minimum absolute atomic E-state index is 0.130. The molecule has 3 aromatic rings. The molecular formula is C19H20F2N4O4. The van der Waals surface area contributed by atoms with Gasteiger partial charge in [0.25, 0.3) is 5.56 Å². The highest BCUT2D eigenvalue weighted by Crippen LogP contribution is 2.25.